The van der Waals surface area contributed by atoms with Crippen LogP contribution in [0.15, 0.2) is 95.4 Å². The van der Waals surface area contributed by atoms with Gasteiger partial charge in [-0.05, 0) is 48.9 Å². The van der Waals surface area contributed by atoms with Crippen molar-refractivity contribution < 1.29 is 33.3 Å². The Labute approximate surface area is 187 Å². The Morgan fingerprint density at radius 2 is 1.16 bits per heavy atom. The molecule has 0 spiro atoms. The van der Waals surface area contributed by atoms with Gasteiger partial charge in [-0.3, -0.25) is 0 Å². The summed E-state index contributed by atoms with van der Waals surface area (Å²) in [4.78, 5) is 0. The van der Waals surface area contributed by atoms with E-state index in [1.807, 2.05) is 48.5 Å². The fourth-order valence-electron chi connectivity index (χ4n) is 3.12. The third kappa shape index (κ3) is 6.60. The summed E-state index contributed by atoms with van der Waals surface area (Å²) in [5, 5.41) is 0.715. The molecule has 4 rings (SSSR count). The molecule has 0 bridgehead atoms. The fourth-order valence-corrected chi connectivity index (χ4v) is 3.24. The van der Waals surface area contributed by atoms with E-state index in [4.69, 9.17) is 34.7 Å². The second-order valence-corrected chi connectivity index (χ2v) is 7.79. The molecule has 0 aliphatic heterocycles. The molecule has 7 heteroatoms. The third-order valence-corrected chi connectivity index (χ3v) is 4.73. The molecule has 0 fully saturated rings. The molecule has 3 aromatic carbocycles. The largest absolute Gasteiger partial charge is 0.364 e. The molecule has 0 radical (unpaired) electrons. The van der Waals surface area contributed by atoms with Gasteiger partial charge in [0, 0.05) is 10.6 Å². The summed E-state index contributed by atoms with van der Waals surface area (Å²) in [5.74, 6) is 1.71. The standard InChI is InChI=1S/C24H18ClO.ClHO4/c1-17-22(18-8-4-2-5-9-18)16-23(19-12-14-21(25)15-13-19)26-24(17)20-10-6-3-7-11-20;2-1(3,4)5/h2-16H,1H3;(H,2,3,4,5)/q+1;/p-1. The van der Waals surface area contributed by atoms with Gasteiger partial charge in [-0.2, -0.15) is 0 Å². The van der Waals surface area contributed by atoms with Crippen LogP contribution in [-0.2, 0) is 0 Å². The molecule has 158 valence electrons. The van der Waals surface area contributed by atoms with Crippen LogP contribution in [0.3, 0.4) is 0 Å². The molecule has 31 heavy (non-hydrogen) atoms. The average molecular weight is 457 g/mol. The third-order valence-electron chi connectivity index (χ3n) is 4.48. The van der Waals surface area contributed by atoms with E-state index in [9.17, 15) is 0 Å². The minimum Gasteiger partial charge on any atom is -0.222 e. The van der Waals surface area contributed by atoms with Crippen LogP contribution in [0.25, 0.3) is 33.8 Å². The lowest BCUT2D eigenvalue weighted by atomic mass is 9.96. The highest BCUT2D eigenvalue weighted by Gasteiger charge is 2.24. The SMILES string of the molecule is Cc1c(-c2ccccc2)cc(-c2ccc(Cl)cc2)[o+]c1-c1ccccc1.[O-][Cl+3]([O-])([O-])[O-]. The number of hydrogen-bond donors (Lipinski definition) is 0. The summed E-state index contributed by atoms with van der Waals surface area (Å²) in [6.45, 7) is 2.11. The molecule has 0 aliphatic rings. The summed E-state index contributed by atoms with van der Waals surface area (Å²) in [6.07, 6.45) is 0. The minimum atomic E-state index is -4.94. The van der Waals surface area contributed by atoms with E-state index in [0.717, 1.165) is 28.2 Å². The van der Waals surface area contributed by atoms with Crippen molar-refractivity contribution in [1.82, 2.24) is 0 Å². The average Bonchev–Trinajstić information content (AvgIpc) is 2.75. The second-order valence-electron chi connectivity index (χ2n) is 6.60. The van der Waals surface area contributed by atoms with Gasteiger partial charge in [-0.15, -0.1) is 10.2 Å². The van der Waals surface area contributed by atoms with E-state index in [2.05, 4.69) is 49.4 Å². The molecule has 0 unspecified atom stereocenters. The molecule has 0 saturated carbocycles. The first kappa shape index (κ1) is 22.9. The Balaban J connectivity index is 0.000000491. The summed E-state index contributed by atoms with van der Waals surface area (Å²) in [7, 11) is -4.94. The topological polar surface area (TPSA) is 104 Å². The fraction of sp³-hybridized carbons (Fsp3) is 0.0417. The molecule has 5 nitrogen and oxygen atoms in total. The lowest BCUT2D eigenvalue weighted by Gasteiger charge is -2.17. The first-order chi connectivity index (χ1) is 14.7. The summed E-state index contributed by atoms with van der Waals surface area (Å²) < 4.78 is 40.3. The molecule has 4 aromatic rings. The van der Waals surface area contributed by atoms with Gasteiger partial charge < -0.3 is 0 Å². The highest BCUT2D eigenvalue weighted by molar-refractivity contribution is 6.30. The zero-order valence-electron chi connectivity index (χ0n) is 16.5. The zero-order valence-corrected chi connectivity index (χ0v) is 18.0. The maximum atomic E-state index is 8.49. The molecule has 1 heterocycles. The van der Waals surface area contributed by atoms with Gasteiger partial charge in [0.05, 0.1) is 22.8 Å². The zero-order chi connectivity index (χ0) is 22.4. The van der Waals surface area contributed by atoms with Crippen molar-refractivity contribution in [3.8, 4) is 33.8 Å². The van der Waals surface area contributed by atoms with Crippen molar-refractivity contribution in [2.75, 3.05) is 0 Å². The van der Waals surface area contributed by atoms with E-state index < -0.39 is 10.2 Å². The lowest BCUT2D eigenvalue weighted by molar-refractivity contribution is -2.00. The van der Waals surface area contributed by atoms with Crippen molar-refractivity contribution >= 4 is 11.6 Å². The van der Waals surface area contributed by atoms with Crippen LogP contribution in [0, 0.1) is 17.2 Å². The number of benzene rings is 3. The first-order valence-corrected chi connectivity index (χ1v) is 10.8. The van der Waals surface area contributed by atoms with Crippen LogP contribution in [0.1, 0.15) is 5.56 Å². The van der Waals surface area contributed by atoms with Gasteiger partial charge in [0.15, 0.2) is 0 Å². The highest BCUT2D eigenvalue weighted by atomic mass is 35.7. The smallest absolute Gasteiger partial charge is 0.222 e. The van der Waals surface area contributed by atoms with Crippen molar-refractivity contribution in [3.05, 3.63) is 102 Å². The van der Waals surface area contributed by atoms with Crippen LogP contribution >= 0.6 is 11.6 Å². The summed E-state index contributed by atoms with van der Waals surface area (Å²) >= 11 is 6.05. The summed E-state index contributed by atoms with van der Waals surface area (Å²) in [5.41, 5.74) is 5.54. The molecule has 0 N–H and O–H groups in total. The Morgan fingerprint density at radius 3 is 1.68 bits per heavy atom. The monoisotopic (exact) mass is 456 g/mol. The van der Waals surface area contributed by atoms with Crippen molar-refractivity contribution in [3.63, 3.8) is 0 Å². The van der Waals surface area contributed by atoms with Gasteiger partial charge in [-0.25, -0.2) is 23.1 Å². The highest BCUT2D eigenvalue weighted by Crippen LogP contribution is 2.36. The number of rotatable bonds is 3. The normalized spacial score (nSPS) is 10.9. The first-order valence-electron chi connectivity index (χ1n) is 9.18. The maximum absolute atomic E-state index is 8.49. The van der Waals surface area contributed by atoms with Crippen molar-refractivity contribution in [2.24, 2.45) is 0 Å². The Kier molecular flexibility index (Phi) is 7.41. The summed E-state index contributed by atoms with van der Waals surface area (Å²) in [6, 6.07) is 30.5. The van der Waals surface area contributed by atoms with Gasteiger partial charge >= 0.3 is 11.5 Å². The van der Waals surface area contributed by atoms with Gasteiger partial charge in [0.2, 0.25) is 0 Å². The molecule has 0 aliphatic carbocycles. The molecule has 0 saturated heterocycles. The maximum Gasteiger partial charge on any atom is 0.364 e. The van der Waals surface area contributed by atoms with Crippen LogP contribution in [0.2, 0.25) is 5.02 Å². The molecule has 1 aromatic heterocycles. The quantitative estimate of drug-likeness (QED) is 0.440. The van der Waals surface area contributed by atoms with Crippen LogP contribution in [-0.4, -0.2) is 0 Å². The van der Waals surface area contributed by atoms with Gasteiger partial charge in [0.25, 0.3) is 0 Å². The van der Waals surface area contributed by atoms with Crippen LogP contribution in [0.5, 0.6) is 0 Å². The number of hydrogen-bond acceptors (Lipinski definition) is 4. The Bertz CT molecular complexity index is 1060. The number of halogens is 2. The molecule has 0 atom stereocenters. The van der Waals surface area contributed by atoms with Gasteiger partial charge in [-0.1, -0.05) is 60.1 Å². The Morgan fingerprint density at radius 1 is 0.677 bits per heavy atom. The van der Waals surface area contributed by atoms with Crippen molar-refractivity contribution in [1.29, 1.82) is 0 Å². The van der Waals surface area contributed by atoms with Crippen molar-refractivity contribution in [2.45, 2.75) is 6.92 Å². The van der Waals surface area contributed by atoms with E-state index in [1.54, 1.807) is 0 Å². The molecular weight excluding hydrogens is 439 g/mol. The van der Waals surface area contributed by atoms with Crippen LogP contribution in [0.4, 0.5) is 0 Å². The Hall–Kier alpha value is -2.77. The second kappa shape index (κ2) is 10.0. The van der Waals surface area contributed by atoms with E-state index in [1.165, 1.54) is 11.1 Å². The van der Waals surface area contributed by atoms with Crippen LogP contribution < -0.4 is 18.6 Å². The molecular formula is C24H18Cl2O5. The van der Waals surface area contributed by atoms with E-state index in [-0.39, 0.29) is 0 Å². The predicted molar refractivity (Wildman–Crippen MR) is 109 cm³/mol. The minimum absolute atomic E-state index is 0.715. The van der Waals surface area contributed by atoms with Gasteiger partial charge in [0.1, 0.15) is 0 Å². The van der Waals surface area contributed by atoms with E-state index >= 15 is 0 Å². The molecule has 0 amide bonds. The predicted octanol–water partition coefficient (Wildman–Crippen LogP) is 2.77. The van der Waals surface area contributed by atoms with E-state index in [0.29, 0.717) is 5.02 Å². The lowest BCUT2D eigenvalue weighted by Crippen LogP contribution is -2.68.